The van der Waals surface area contributed by atoms with Crippen LogP contribution in [0.5, 0.6) is 0 Å². The van der Waals surface area contributed by atoms with Crippen LogP contribution >= 0.6 is 0 Å². The third-order valence-electron chi connectivity index (χ3n) is 3.06. The van der Waals surface area contributed by atoms with Gasteiger partial charge in [0.2, 0.25) is 5.91 Å². The molecule has 1 amide bonds. The summed E-state index contributed by atoms with van der Waals surface area (Å²) in [4.78, 5) is 14.0. The molecule has 1 aliphatic heterocycles. The highest BCUT2D eigenvalue weighted by Gasteiger charge is 2.26. The SMILES string of the molecule is CC1NCc2ccccc2N(CCCO)C1=O. The number of aliphatic hydroxyl groups is 1. The van der Waals surface area contributed by atoms with E-state index in [0.717, 1.165) is 11.3 Å². The Labute approximate surface area is 101 Å². The number of benzene rings is 1. The molecule has 1 aromatic rings. The Hall–Kier alpha value is -1.39. The lowest BCUT2D eigenvalue weighted by atomic mass is 10.1. The topological polar surface area (TPSA) is 52.6 Å². The number of aliphatic hydroxyl groups excluding tert-OH is 1. The summed E-state index contributed by atoms with van der Waals surface area (Å²) in [6, 6.07) is 7.73. The highest BCUT2D eigenvalue weighted by molar-refractivity contribution is 5.98. The number of hydrogen-bond donors (Lipinski definition) is 2. The van der Waals surface area contributed by atoms with Crippen molar-refractivity contribution in [3.8, 4) is 0 Å². The molecule has 4 heteroatoms. The first kappa shape index (κ1) is 12.1. The lowest BCUT2D eigenvalue weighted by Crippen LogP contribution is -2.43. The number of fused-ring (bicyclic) bond motifs is 1. The second-order valence-electron chi connectivity index (χ2n) is 4.30. The normalized spacial score (nSPS) is 20.0. The number of carbonyl (C=O) groups is 1. The van der Waals surface area contributed by atoms with Crippen LogP contribution in [0.3, 0.4) is 0 Å². The van der Waals surface area contributed by atoms with Gasteiger partial charge in [0.25, 0.3) is 0 Å². The first-order valence-corrected chi connectivity index (χ1v) is 5.97. The smallest absolute Gasteiger partial charge is 0.243 e. The van der Waals surface area contributed by atoms with Gasteiger partial charge in [-0.3, -0.25) is 4.79 Å². The zero-order valence-corrected chi connectivity index (χ0v) is 10.0. The van der Waals surface area contributed by atoms with Crippen LogP contribution < -0.4 is 10.2 Å². The van der Waals surface area contributed by atoms with Crippen LogP contribution in [0.4, 0.5) is 5.69 Å². The minimum Gasteiger partial charge on any atom is -0.396 e. The van der Waals surface area contributed by atoms with Crippen molar-refractivity contribution in [1.82, 2.24) is 5.32 Å². The average molecular weight is 234 g/mol. The van der Waals surface area contributed by atoms with Crippen molar-refractivity contribution in [2.75, 3.05) is 18.1 Å². The summed E-state index contributed by atoms with van der Waals surface area (Å²) in [5.74, 6) is 0.0726. The predicted octanol–water partition coefficient (Wildman–Crippen LogP) is 0.894. The fraction of sp³-hybridized carbons (Fsp3) is 0.462. The largest absolute Gasteiger partial charge is 0.396 e. The second-order valence-corrected chi connectivity index (χ2v) is 4.30. The summed E-state index contributed by atoms with van der Waals surface area (Å²) < 4.78 is 0. The zero-order valence-electron chi connectivity index (χ0n) is 10.0. The predicted molar refractivity (Wildman–Crippen MR) is 66.8 cm³/mol. The third kappa shape index (κ3) is 2.48. The van der Waals surface area contributed by atoms with E-state index in [1.54, 1.807) is 4.90 Å². The van der Waals surface area contributed by atoms with Gasteiger partial charge in [0.15, 0.2) is 0 Å². The highest BCUT2D eigenvalue weighted by Crippen LogP contribution is 2.24. The molecule has 0 radical (unpaired) electrons. The van der Waals surface area contributed by atoms with E-state index >= 15 is 0 Å². The number of anilines is 1. The molecule has 1 atom stereocenters. The third-order valence-corrected chi connectivity index (χ3v) is 3.06. The van der Waals surface area contributed by atoms with Crippen molar-refractivity contribution in [3.63, 3.8) is 0 Å². The average Bonchev–Trinajstić information content (AvgIpc) is 2.47. The molecule has 0 aromatic heterocycles. The van der Waals surface area contributed by atoms with E-state index < -0.39 is 0 Å². The summed E-state index contributed by atoms with van der Waals surface area (Å²) in [7, 11) is 0. The molecule has 2 rings (SSSR count). The van der Waals surface area contributed by atoms with Crippen molar-refractivity contribution < 1.29 is 9.90 Å². The zero-order chi connectivity index (χ0) is 12.3. The maximum Gasteiger partial charge on any atom is 0.243 e. The lowest BCUT2D eigenvalue weighted by molar-refractivity contribution is -0.120. The molecule has 4 nitrogen and oxygen atoms in total. The molecule has 2 N–H and O–H groups in total. The van der Waals surface area contributed by atoms with E-state index in [1.165, 1.54) is 0 Å². The van der Waals surface area contributed by atoms with Crippen molar-refractivity contribution in [1.29, 1.82) is 0 Å². The molecule has 0 aliphatic carbocycles. The van der Waals surface area contributed by atoms with Gasteiger partial charge in [-0.15, -0.1) is 0 Å². The quantitative estimate of drug-likeness (QED) is 0.817. The lowest BCUT2D eigenvalue weighted by Gasteiger charge is -2.24. The maximum atomic E-state index is 12.2. The Morgan fingerprint density at radius 2 is 2.24 bits per heavy atom. The molecule has 0 saturated heterocycles. The van der Waals surface area contributed by atoms with Crippen LogP contribution in [0, 0.1) is 0 Å². The Morgan fingerprint density at radius 1 is 1.47 bits per heavy atom. The fourth-order valence-electron chi connectivity index (χ4n) is 2.09. The van der Waals surface area contributed by atoms with E-state index in [1.807, 2.05) is 31.2 Å². The van der Waals surface area contributed by atoms with Gasteiger partial charge in [0.05, 0.1) is 6.04 Å². The molecular formula is C13H18N2O2. The molecule has 1 aromatic carbocycles. The number of nitrogens with one attached hydrogen (secondary N) is 1. The number of hydrogen-bond acceptors (Lipinski definition) is 3. The summed E-state index contributed by atoms with van der Waals surface area (Å²) in [6.07, 6.45) is 0.604. The summed E-state index contributed by atoms with van der Waals surface area (Å²) in [5, 5.41) is 12.1. The molecule has 92 valence electrons. The Balaban J connectivity index is 2.33. The van der Waals surface area contributed by atoms with Crippen LogP contribution in [0.2, 0.25) is 0 Å². The molecule has 1 heterocycles. The maximum absolute atomic E-state index is 12.2. The van der Waals surface area contributed by atoms with Crippen molar-refractivity contribution in [3.05, 3.63) is 29.8 Å². The van der Waals surface area contributed by atoms with Gasteiger partial charge >= 0.3 is 0 Å². The van der Waals surface area contributed by atoms with Crippen LogP contribution in [0.15, 0.2) is 24.3 Å². The summed E-state index contributed by atoms with van der Waals surface area (Å²) in [5.41, 5.74) is 2.09. The van der Waals surface area contributed by atoms with E-state index in [9.17, 15) is 4.79 Å². The number of carbonyl (C=O) groups excluding carboxylic acids is 1. The standard InChI is InChI=1S/C13H18N2O2/c1-10-13(17)15(7-4-8-16)12-6-3-2-5-11(12)9-14-10/h2-3,5-6,10,14,16H,4,7-9H2,1H3. The summed E-state index contributed by atoms with van der Waals surface area (Å²) in [6.45, 7) is 3.25. The molecule has 0 bridgehead atoms. The fourth-order valence-corrected chi connectivity index (χ4v) is 2.09. The van der Waals surface area contributed by atoms with Crippen LogP contribution in [0.25, 0.3) is 0 Å². The van der Waals surface area contributed by atoms with Crippen molar-refractivity contribution >= 4 is 11.6 Å². The minimum absolute atomic E-state index is 0.0726. The Morgan fingerprint density at radius 3 is 3.00 bits per heavy atom. The van der Waals surface area contributed by atoms with Crippen molar-refractivity contribution in [2.24, 2.45) is 0 Å². The van der Waals surface area contributed by atoms with Crippen LogP contribution in [-0.2, 0) is 11.3 Å². The number of para-hydroxylation sites is 1. The van der Waals surface area contributed by atoms with Gasteiger partial charge in [0, 0.05) is 25.4 Å². The molecule has 0 saturated carbocycles. The number of nitrogens with zero attached hydrogens (tertiary/aromatic N) is 1. The van der Waals surface area contributed by atoms with Gasteiger partial charge < -0.3 is 15.3 Å². The highest BCUT2D eigenvalue weighted by atomic mass is 16.3. The van der Waals surface area contributed by atoms with Gasteiger partial charge in [0.1, 0.15) is 0 Å². The van der Waals surface area contributed by atoms with Crippen LogP contribution in [0.1, 0.15) is 18.9 Å². The van der Waals surface area contributed by atoms with E-state index in [-0.39, 0.29) is 18.6 Å². The number of amides is 1. The van der Waals surface area contributed by atoms with E-state index in [0.29, 0.717) is 19.5 Å². The molecule has 1 unspecified atom stereocenters. The van der Waals surface area contributed by atoms with E-state index in [4.69, 9.17) is 5.11 Å². The van der Waals surface area contributed by atoms with E-state index in [2.05, 4.69) is 5.32 Å². The Bertz CT molecular complexity index is 406. The minimum atomic E-state index is -0.180. The van der Waals surface area contributed by atoms with Gasteiger partial charge in [-0.2, -0.15) is 0 Å². The Kier molecular flexibility index (Phi) is 3.76. The first-order valence-electron chi connectivity index (χ1n) is 5.97. The summed E-state index contributed by atoms with van der Waals surface area (Å²) >= 11 is 0. The van der Waals surface area contributed by atoms with Crippen molar-refractivity contribution in [2.45, 2.75) is 25.9 Å². The van der Waals surface area contributed by atoms with Gasteiger partial charge in [-0.25, -0.2) is 0 Å². The van der Waals surface area contributed by atoms with Crippen LogP contribution in [-0.4, -0.2) is 30.2 Å². The van der Waals surface area contributed by atoms with Gasteiger partial charge in [-0.05, 0) is 25.0 Å². The number of rotatable bonds is 3. The molecule has 17 heavy (non-hydrogen) atoms. The molecule has 0 fully saturated rings. The monoisotopic (exact) mass is 234 g/mol. The molecule has 0 spiro atoms. The van der Waals surface area contributed by atoms with Gasteiger partial charge in [-0.1, -0.05) is 18.2 Å². The molecule has 1 aliphatic rings. The molecular weight excluding hydrogens is 216 g/mol. The second kappa shape index (κ2) is 5.29. The first-order chi connectivity index (χ1) is 8.24.